The van der Waals surface area contributed by atoms with Gasteiger partial charge in [0, 0.05) is 29.5 Å². The van der Waals surface area contributed by atoms with Crippen molar-refractivity contribution in [2.24, 2.45) is 0 Å². The average molecular weight is 262 g/mol. The highest BCUT2D eigenvalue weighted by Crippen LogP contribution is 2.14. The van der Waals surface area contributed by atoms with Crippen molar-refractivity contribution in [3.63, 3.8) is 0 Å². The molecule has 104 valence electrons. The van der Waals surface area contributed by atoms with E-state index in [9.17, 15) is 4.79 Å². The minimum Gasteiger partial charge on any atom is -0.399 e. The van der Waals surface area contributed by atoms with Crippen molar-refractivity contribution in [3.8, 4) is 0 Å². The standard InChI is InChI=1S/C14H22N4O/c1-10(9-18-4-2-3-5-18)17-14(19)11-6-12(15)8-13(16)7-11/h6-8,10H,2-5,9,15-16H2,1H3,(H,17,19). The number of hydrogen-bond acceptors (Lipinski definition) is 4. The van der Waals surface area contributed by atoms with Gasteiger partial charge in [-0.05, 0) is 51.1 Å². The molecule has 5 nitrogen and oxygen atoms in total. The summed E-state index contributed by atoms with van der Waals surface area (Å²) in [4.78, 5) is 14.5. The lowest BCUT2D eigenvalue weighted by Crippen LogP contribution is -2.41. The fourth-order valence-electron chi connectivity index (χ4n) is 2.51. The summed E-state index contributed by atoms with van der Waals surface area (Å²) in [5.41, 5.74) is 12.9. The third-order valence-electron chi connectivity index (χ3n) is 3.35. The second-order valence-corrected chi connectivity index (χ2v) is 5.27. The van der Waals surface area contributed by atoms with Gasteiger partial charge in [-0.25, -0.2) is 0 Å². The van der Waals surface area contributed by atoms with Crippen LogP contribution in [0.4, 0.5) is 11.4 Å². The van der Waals surface area contributed by atoms with Crippen molar-refractivity contribution in [3.05, 3.63) is 23.8 Å². The van der Waals surface area contributed by atoms with Crippen LogP contribution in [0, 0.1) is 0 Å². The van der Waals surface area contributed by atoms with Crippen LogP contribution in [-0.2, 0) is 0 Å². The lowest BCUT2D eigenvalue weighted by Gasteiger charge is -2.21. The van der Waals surface area contributed by atoms with Gasteiger partial charge in [-0.2, -0.15) is 0 Å². The number of hydrogen-bond donors (Lipinski definition) is 3. The van der Waals surface area contributed by atoms with E-state index in [2.05, 4.69) is 10.2 Å². The van der Waals surface area contributed by atoms with Crippen molar-refractivity contribution >= 4 is 17.3 Å². The van der Waals surface area contributed by atoms with Crippen LogP contribution in [0.3, 0.4) is 0 Å². The fourth-order valence-corrected chi connectivity index (χ4v) is 2.51. The van der Waals surface area contributed by atoms with Crippen molar-refractivity contribution in [2.45, 2.75) is 25.8 Å². The Bertz CT molecular complexity index is 435. The van der Waals surface area contributed by atoms with Crippen LogP contribution in [0.5, 0.6) is 0 Å². The molecule has 0 radical (unpaired) electrons. The molecule has 0 aliphatic carbocycles. The SMILES string of the molecule is CC(CN1CCCC1)NC(=O)c1cc(N)cc(N)c1. The molecule has 0 aromatic heterocycles. The first-order valence-corrected chi connectivity index (χ1v) is 6.74. The quantitative estimate of drug-likeness (QED) is 0.709. The zero-order valence-corrected chi connectivity index (χ0v) is 11.4. The predicted octanol–water partition coefficient (Wildman–Crippen LogP) is 1.07. The molecule has 0 spiro atoms. The second kappa shape index (κ2) is 5.93. The van der Waals surface area contributed by atoms with Crippen molar-refractivity contribution in [1.82, 2.24) is 10.2 Å². The first-order chi connectivity index (χ1) is 9.04. The second-order valence-electron chi connectivity index (χ2n) is 5.27. The molecule has 0 bridgehead atoms. The van der Waals surface area contributed by atoms with E-state index in [0.717, 1.165) is 19.6 Å². The van der Waals surface area contributed by atoms with E-state index in [1.54, 1.807) is 18.2 Å². The van der Waals surface area contributed by atoms with Gasteiger partial charge in [0.15, 0.2) is 0 Å². The summed E-state index contributed by atoms with van der Waals surface area (Å²) >= 11 is 0. The molecule has 2 rings (SSSR count). The van der Waals surface area contributed by atoms with Crippen LogP contribution >= 0.6 is 0 Å². The molecule has 1 amide bonds. The molecule has 1 heterocycles. The molecule has 1 aromatic rings. The highest BCUT2D eigenvalue weighted by molar-refractivity contribution is 5.96. The number of anilines is 2. The molecular weight excluding hydrogens is 240 g/mol. The van der Waals surface area contributed by atoms with Crippen LogP contribution < -0.4 is 16.8 Å². The Morgan fingerprint density at radius 2 is 1.84 bits per heavy atom. The summed E-state index contributed by atoms with van der Waals surface area (Å²) in [6, 6.07) is 5.06. The number of nitrogens with two attached hydrogens (primary N) is 2. The normalized spacial score (nSPS) is 17.3. The Morgan fingerprint density at radius 3 is 2.42 bits per heavy atom. The molecule has 5 heteroatoms. The van der Waals surface area contributed by atoms with Gasteiger partial charge in [0.1, 0.15) is 0 Å². The predicted molar refractivity (Wildman–Crippen MR) is 77.9 cm³/mol. The van der Waals surface area contributed by atoms with E-state index in [-0.39, 0.29) is 11.9 Å². The van der Waals surface area contributed by atoms with Crippen molar-refractivity contribution in [2.75, 3.05) is 31.1 Å². The molecule has 19 heavy (non-hydrogen) atoms. The Labute approximate surface area is 113 Å². The van der Waals surface area contributed by atoms with Crippen LogP contribution in [0.15, 0.2) is 18.2 Å². The van der Waals surface area contributed by atoms with E-state index >= 15 is 0 Å². The summed E-state index contributed by atoms with van der Waals surface area (Å²) < 4.78 is 0. The first-order valence-electron chi connectivity index (χ1n) is 6.74. The molecule has 1 fully saturated rings. The summed E-state index contributed by atoms with van der Waals surface area (Å²) in [6.45, 7) is 5.17. The summed E-state index contributed by atoms with van der Waals surface area (Å²) in [6.07, 6.45) is 2.51. The van der Waals surface area contributed by atoms with Gasteiger partial charge in [-0.1, -0.05) is 0 Å². The minimum absolute atomic E-state index is 0.119. The number of nitrogen functional groups attached to an aromatic ring is 2. The van der Waals surface area contributed by atoms with E-state index in [0.29, 0.717) is 16.9 Å². The summed E-state index contributed by atoms with van der Waals surface area (Å²) in [5.74, 6) is -0.120. The third-order valence-corrected chi connectivity index (χ3v) is 3.35. The van der Waals surface area contributed by atoms with Crippen LogP contribution in [0.2, 0.25) is 0 Å². The Morgan fingerprint density at radius 1 is 1.26 bits per heavy atom. The molecular formula is C14H22N4O. The molecule has 1 aliphatic rings. The molecule has 1 aliphatic heterocycles. The summed E-state index contributed by atoms with van der Waals surface area (Å²) in [5, 5.41) is 2.99. The zero-order valence-electron chi connectivity index (χ0n) is 11.4. The number of amides is 1. The number of carbonyl (C=O) groups excluding carboxylic acids is 1. The zero-order chi connectivity index (χ0) is 13.8. The monoisotopic (exact) mass is 262 g/mol. The highest BCUT2D eigenvalue weighted by Gasteiger charge is 2.16. The van der Waals surface area contributed by atoms with E-state index in [4.69, 9.17) is 11.5 Å². The Kier molecular flexibility index (Phi) is 4.27. The van der Waals surface area contributed by atoms with E-state index < -0.39 is 0 Å². The third kappa shape index (κ3) is 3.86. The number of nitrogens with one attached hydrogen (secondary N) is 1. The number of rotatable bonds is 4. The van der Waals surface area contributed by atoms with Crippen LogP contribution in [0.25, 0.3) is 0 Å². The van der Waals surface area contributed by atoms with Crippen LogP contribution in [0.1, 0.15) is 30.1 Å². The van der Waals surface area contributed by atoms with Gasteiger partial charge in [-0.15, -0.1) is 0 Å². The maximum Gasteiger partial charge on any atom is 0.251 e. The molecule has 1 unspecified atom stereocenters. The van der Waals surface area contributed by atoms with E-state index in [1.165, 1.54) is 12.8 Å². The molecule has 5 N–H and O–H groups in total. The van der Waals surface area contributed by atoms with Crippen LogP contribution in [-0.4, -0.2) is 36.5 Å². The smallest absolute Gasteiger partial charge is 0.251 e. The largest absolute Gasteiger partial charge is 0.399 e. The van der Waals surface area contributed by atoms with Gasteiger partial charge in [0.2, 0.25) is 0 Å². The van der Waals surface area contributed by atoms with Gasteiger partial charge in [0.05, 0.1) is 0 Å². The Balaban J connectivity index is 1.92. The maximum absolute atomic E-state index is 12.1. The minimum atomic E-state index is -0.120. The maximum atomic E-state index is 12.1. The lowest BCUT2D eigenvalue weighted by atomic mass is 10.1. The topological polar surface area (TPSA) is 84.4 Å². The molecule has 1 aromatic carbocycles. The molecule has 1 saturated heterocycles. The summed E-state index contributed by atoms with van der Waals surface area (Å²) in [7, 11) is 0. The number of carbonyl (C=O) groups is 1. The first kappa shape index (κ1) is 13.7. The highest BCUT2D eigenvalue weighted by atomic mass is 16.1. The number of nitrogens with zero attached hydrogens (tertiary/aromatic N) is 1. The van der Waals surface area contributed by atoms with Gasteiger partial charge < -0.3 is 21.7 Å². The lowest BCUT2D eigenvalue weighted by molar-refractivity contribution is 0.0932. The average Bonchev–Trinajstić information content (AvgIpc) is 2.80. The molecule has 0 saturated carbocycles. The van der Waals surface area contributed by atoms with Gasteiger partial charge in [0.25, 0.3) is 5.91 Å². The van der Waals surface area contributed by atoms with Crippen molar-refractivity contribution < 1.29 is 4.79 Å². The fraction of sp³-hybridized carbons (Fsp3) is 0.500. The van der Waals surface area contributed by atoms with Crippen molar-refractivity contribution in [1.29, 1.82) is 0 Å². The molecule has 1 atom stereocenters. The number of likely N-dealkylation sites (tertiary alicyclic amines) is 1. The Hall–Kier alpha value is -1.75. The number of benzene rings is 1. The van der Waals surface area contributed by atoms with E-state index in [1.807, 2.05) is 6.92 Å². The van der Waals surface area contributed by atoms with Gasteiger partial charge in [-0.3, -0.25) is 4.79 Å². The van der Waals surface area contributed by atoms with Gasteiger partial charge >= 0.3 is 0 Å².